The van der Waals surface area contributed by atoms with Crippen LogP contribution in [0.15, 0.2) is 42.5 Å². The summed E-state index contributed by atoms with van der Waals surface area (Å²) in [5.74, 6) is -0.175. The average Bonchev–Trinajstić information content (AvgIpc) is 2.56. The minimum atomic E-state index is -3.46. The van der Waals surface area contributed by atoms with Crippen molar-refractivity contribution in [2.75, 3.05) is 17.1 Å². The van der Waals surface area contributed by atoms with Crippen molar-refractivity contribution in [3.8, 4) is 0 Å². The number of rotatable bonds is 7. The number of hydrogen-bond acceptors (Lipinski definition) is 3. The van der Waals surface area contributed by atoms with Crippen molar-refractivity contribution in [2.45, 2.75) is 33.7 Å². The van der Waals surface area contributed by atoms with Crippen LogP contribution in [0.3, 0.4) is 0 Å². The second-order valence-electron chi connectivity index (χ2n) is 6.56. The second-order valence-corrected chi connectivity index (χ2v) is 8.46. The molecule has 0 bridgehead atoms. The molecular formula is C20H26N2O3S. The summed E-state index contributed by atoms with van der Waals surface area (Å²) < 4.78 is 25.6. The normalized spacial score (nSPS) is 11.2. The first-order chi connectivity index (χ1) is 12.2. The molecule has 0 aliphatic rings. The Morgan fingerprint density at radius 1 is 1.00 bits per heavy atom. The third kappa shape index (κ3) is 5.33. The lowest BCUT2D eigenvalue weighted by Gasteiger charge is -2.23. The maximum atomic E-state index is 12.2. The highest BCUT2D eigenvalue weighted by molar-refractivity contribution is 7.92. The van der Waals surface area contributed by atoms with Gasteiger partial charge in [-0.05, 0) is 55.2 Å². The van der Waals surface area contributed by atoms with E-state index in [0.29, 0.717) is 12.2 Å². The van der Waals surface area contributed by atoms with Gasteiger partial charge in [-0.2, -0.15) is 0 Å². The van der Waals surface area contributed by atoms with Crippen LogP contribution in [0, 0.1) is 20.8 Å². The first kappa shape index (κ1) is 20.0. The van der Waals surface area contributed by atoms with Gasteiger partial charge in [-0.15, -0.1) is 0 Å². The lowest BCUT2D eigenvalue weighted by molar-refractivity contribution is -0.121. The van der Waals surface area contributed by atoms with Gasteiger partial charge < -0.3 is 5.32 Å². The van der Waals surface area contributed by atoms with Crippen LogP contribution in [0.4, 0.5) is 5.69 Å². The molecule has 0 fully saturated rings. The molecule has 26 heavy (non-hydrogen) atoms. The predicted octanol–water partition coefficient (Wildman–Crippen LogP) is 3.08. The van der Waals surface area contributed by atoms with Crippen LogP contribution in [-0.4, -0.2) is 27.1 Å². The molecule has 2 aromatic rings. The second kappa shape index (κ2) is 8.36. The molecule has 0 radical (unpaired) electrons. The molecule has 0 aliphatic heterocycles. The van der Waals surface area contributed by atoms with Crippen molar-refractivity contribution in [3.05, 3.63) is 64.7 Å². The number of carbonyl (C=O) groups excluding carboxylic acids is 1. The molecule has 0 aliphatic carbocycles. The van der Waals surface area contributed by atoms with Crippen LogP contribution in [0.5, 0.6) is 0 Å². The molecule has 0 spiro atoms. The lowest BCUT2D eigenvalue weighted by Crippen LogP contribution is -2.34. The summed E-state index contributed by atoms with van der Waals surface area (Å²) in [7, 11) is -3.46. The molecule has 5 nitrogen and oxygen atoms in total. The summed E-state index contributed by atoms with van der Waals surface area (Å²) in [5, 5.41) is 2.86. The van der Waals surface area contributed by atoms with Gasteiger partial charge in [-0.1, -0.05) is 30.3 Å². The van der Waals surface area contributed by atoms with Crippen molar-refractivity contribution >= 4 is 21.6 Å². The Hall–Kier alpha value is -2.34. The fourth-order valence-corrected chi connectivity index (χ4v) is 3.58. The third-order valence-electron chi connectivity index (χ3n) is 4.46. The summed E-state index contributed by atoms with van der Waals surface area (Å²) in [6.45, 7) is 6.46. The van der Waals surface area contributed by atoms with Gasteiger partial charge >= 0.3 is 0 Å². The van der Waals surface area contributed by atoms with Crippen molar-refractivity contribution < 1.29 is 13.2 Å². The number of amides is 1. The topological polar surface area (TPSA) is 66.5 Å². The quantitative estimate of drug-likeness (QED) is 0.810. The first-order valence-electron chi connectivity index (χ1n) is 8.54. The van der Waals surface area contributed by atoms with E-state index in [4.69, 9.17) is 0 Å². The Kier molecular flexibility index (Phi) is 6.42. The summed E-state index contributed by atoms with van der Waals surface area (Å²) in [4.78, 5) is 12.2. The minimum absolute atomic E-state index is 0.103. The number of hydrogen-bond donors (Lipinski definition) is 1. The standard InChI is InChI=1S/C20H26N2O3S/c1-15-9-10-19(13-17(15)3)22(26(4,24)25)12-11-20(23)21-14-18-8-6-5-7-16(18)2/h5-10,13H,11-12,14H2,1-4H3,(H,21,23). The molecule has 6 heteroatoms. The van der Waals surface area contributed by atoms with Gasteiger partial charge in [-0.25, -0.2) is 8.42 Å². The number of carbonyl (C=O) groups is 1. The molecule has 0 aromatic heterocycles. The van der Waals surface area contributed by atoms with Crippen molar-refractivity contribution in [1.82, 2.24) is 5.32 Å². The smallest absolute Gasteiger partial charge is 0.232 e. The van der Waals surface area contributed by atoms with Crippen LogP contribution < -0.4 is 9.62 Å². The Morgan fingerprint density at radius 3 is 2.31 bits per heavy atom. The van der Waals surface area contributed by atoms with Crippen molar-refractivity contribution in [1.29, 1.82) is 0 Å². The minimum Gasteiger partial charge on any atom is -0.352 e. The average molecular weight is 375 g/mol. The van der Waals surface area contributed by atoms with E-state index >= 15 is 0 Å². The molecule has 1 amide bonds. The molecule has 2 aromatic carbocycles. The van der Waals surface area contributed by atoms with Crippen LogP contribution in [-0.2, 0) is 21.4 Å². The van der Waals surface area contributed by atoms with E-state index in [1.54, 1.807) is 6.07 Å². The van der Waals surface area contributed by atoms with Crippen molar-refractivity contribution in [2.24, 2.45) is 0 Å². The summed E-state index contributed by atoms with van der Waals surface area (Å²) in [6.07, 6.45) is 1.26. The molecule has 0 atom stereocenters. The number of aryl methyl sites for hydroxylation is 3. The number of sulfonamides is 1. The van der Waals surface area contributed by atoms with Crippen LogP contribution in [0.1, 0.15) is 28.7 Å². The van der Waals surface area contributed by atoms with Crippen molar-refractivity contribution in [3.63, 3.8) is 0 Å². The fraction of sp³-hybridized carbons (Fsp3) is 0.350. The molecule has 0 saturated carbocycles. The Labute approximate surface area is 156 Å². The Bertz CT molecular complexity index is 892. The van der Waals surface area contributed by atoms with Crippen LogP contribution in [0.25, 0.3) is 0 Å². The van der Waals surface area contributed by atoms with Crippen LogP contribution >= 0.6 is 0 Å². The summed E-state index contributed by atoms with van der Waals surface area (Å²) in [5.41, 5.74) is 4.86. The lowest BCUT2D eigenvalue weighted by atomic mass is 10.1. The number of nitrogens with one attached hydrogen (secondary N) is 1. The molecule has 0 unspecified atom stereocenters. The third-order valence-corrected chi connectivity index (χ3v) is 5.65. The van der Waals surface area contributed by atoms with Gasteiger partial charge in [0.05, 0.1) is 11.9 Å². The highest BCUT2D eigenvalue weighted by atomic mass is 32.2. The van der Waals surface area contributed by atoms with Gasteiger partial charge in [0.25, 0.3) is 0 Å². The van der Waals surface area contributed by atoms with E-state index in [9.17, 15) is 13.2 Å². The van der Waals surface area contributed by atoms with E-state index < -0.39 is 10.0 Å². The molecule has 140 valence electrons. The van der Waals surface area contributed by atoms with Crippen LogP contribution in [0.2, 0.25) is 0 Å². The monoisotopic (exact) mass is 374 g/mol. The SMILES string of the molecule is Cc1ccc(N(CCC(=O)NCc2ccccc2C)S(C)(=O)=O)cc1C. The molecule has 1 N–H and O–H groups in total. The van der Waals surface area contributed by atoms with Gasteiger partial charge in [0.2, 0.25) is 15.9 Å². The molecule has 0 saturated heterocycles. The highest BCUT2D eigenvalue weighted by Gasteiger charge is 2.19. The molecular weight excluding hydrogens is 348 g/mol. The number of anilines is 1. The van der Waals surface area contributed by atoms with Gasteiger partial charge in [-0.3, -0.25) is 9.10 Å². The van der Waals surface area contributed by atoms with Gasteiger partial charge in [0.15, 0.2) is 0 Å². The maximum Gasteiger partial charge on any atom is 0.232 e. The van der Waals surface area contributed by atoms with E-state index in [0.717, 1.165) is 28.5 Å². The van der Waals surface area contributed by atoms with E-state index in [1.165, 1.54) is 4.31 Å². The first-order valence-corrected chi connectivity index (χ1v) is 10.4. The van der Waals surface area contributed by atoms with Gasteiger partial charge in [0.1, 0.15) is 0 Å². The number of benzene rings is 2. The summed E-state index contributed by atoms with van der Waals surface area (Å²) >= 11 is 0. The zero-order chi connectivity index (χ0) is 19.3. The predicted molar refractivity (Wildman–Crippen MR) is 106 cm³/mol. The zero-order valence-corrected chi connectivity index (χ0v) is 16.6. The van der Waals surface area contributed by atoms with E-state index in [-0.39, 0.29) is 18.9 Å². The Morgan fingerprint density at radius 2 is 1.69 bits per heavy atom. The largest absolute Gasteiger partial charge is 0.352 e. The maximum absolute atomic E-state index is 12.2. The van der Waals surface area contributed by atoms with Gasteiger partial charge in [0, 0.05) is 19.5 Å². The zero-order valence-electron chi connectivity index (χ0n) is 15.7. The van der Waals surface area contributed by atoms with E-state index in [2.05, 4.69) is 5.32 Å². The number of nitrogens with zero attached hydrogens (tertiary/aromatic N) is 1. The summed E-state index contributed by atoms with van der Waals surface area (Å²) in [6, 6.07) is 13.3. The molecule has 2 rings (SSSR count). The fourth-order valence-electron chi connectivity index (χ4n) is 2.66. The van der Waals surface area contributed by atoms with E-state index in [1.807, 2.05) is 57.2 Å². The highest BCUT2D eigenvalue weighted by Crippen LogP contribution is 2.21. The Balaban J connectivity index is 2.02. The molecule has 0 heterocycles.